The number of aromatic nitrogens is 1. The molecule has 1 aromatic heterocycles. The van der Waals surface area contributed by atoms with Crippen molar-refractivity contribution < 1.29 is 9.53 Å². The van der Waals surface area contributed by atoms with Crippen LogP contribution in [0.25, 0.3) is 0 Å². The van der Waals surface area contributed by atoms with E-state index >= 15 is 0 Å². The van der Waals surface area contributed by atoms with Crippen molar-refractivity contribution in [2.24, 2.45) is 0 Å². The predicted molar refractivity (Wildman–Crippen MR) is 69.1 cm³/mol. The lowest BCUT2D eigenvalue weighted by Crippen LogP contribution is -2.20. The summed E-state index contributed by atoms with van der Waals surface area (Å²) in [7, 11) is 0. The van der Waals surface area contributed by atoms with E-state index in [0.717, 1.165) is 0 Å². The molecule has 0 aliphatic rings. The first kappa shape index (κ1) is 13.8. The van der Waals surface area contributed by atoms with E-state index in [9.17, 15) is 4.79 Å². The van der Waals surface area contributed by atoms with Crippen LogP contribution in [0.1, 0.15) is 45.5 Å². The third-order valence-electron chi connectivity index (χ3n) is 2.81. The lowest BCUT2D eigenvalue weighted by molar-refractivity contribution is -0.143. The van der Waals surface area contributed by atoms with Gasteiger partial charge < -0.3 is 9.30 Å². The molecule has 0 saturated heterocycles. The van der Waals surface area contributed by atoms with E-state index in [0.29, 0.717) is 19.6 Å². The summed E-state index contributed by atoms with van der Waals surface area (Å²) >= 11 is 0. The summed E-state index contributed by atoms with van der Waals surface area (Å²) in [5.41, 5.74) is 2.56. The Morgan fingerprint density at radius 2 is 2.00 bits per heavy atom. The number of nitrogens with zero attached hydrogens (tertiary/aromatic N) is 1. The average Bonchev–Trinajstić information content (AvgIpc) is 2.57. The Labute approximate surface area is 104 Å². The van der Waals surface area contributed by atoms with Gasteiger partial charge in [-0.25, -0.2) is 0 Å². The number of carbonyl (C=O) groups excluding carboxylic acids is 1. The van der Waals surface area contributed by atoms with E-state index in [2.05, 4.69) is 44.4 Å². The average molecular weight is 237 g/mol. The van der Waals surface area contributed by atoms with Crippen LogP contribution in [-0.4, -0.2) is 17.1 Å². The largest absolute Gasteiger partial charge is 0.466 e. The molecule has 1 rings (SSSR count). The van der Waals surface area contributed by atoms with Gasteiger partial charge in [0.25, 0.3) is 0 Å². The van der Waals surface area contributed by atoms with Crippen LogP contribution in [0.15, 0.2) is 12.1 Å². The molecule has 0 fully saturated rings. The summed E-state index contributed by atoms with van der Waals surface area (Å²) in [4.78, 5) is 11.4. The van der Waals surface area contributed by atoms with Crippen LogP contribution < -0.4 is 0 Å². The molecule has 0 saturated carbocycles. The maximum atomic E-state index is 11.4. The Bertz CT molecular complexity index is 385. The van der Waals surface area contributed by atoms with Crippen molar-refractivity contribution in [3.8, 4) is 0 Å². The SMILES string of the molecule is CCOC(=O)CCn1c(C)ccc1C(C)(C)C. The molecule has 0 aromatic carbocycles. The van der Waals surface area contributed by atoms with Crippen molar-refractivity contribution in [1.82, 2.24) is 4.57 Å². The third-order valence-corrected chi connectivity index (χ3v) is 2.81. The first-order valence-electron chi connectivity index (χ1n) is 6.18. The summed E-state index contributed by atoms with van der Waals surface area (Å²) in [6.07, 6.45) is 0.437. The van der Waals surface area contributed by atoms with Crippen LogP contribution in [-0.2, 0) is 21.5 Å². The van der Waals surface area contributed by atoms with Crippen LogP contribution >= 0.6 is 0 Å². The topological polar surface area (TPSA) is 31.2 Å². The highest BCUT2D eigenvalue weighted by atomic mass is 16.5. The van der Waals surface area contributed by atoms with E-state index in [4.69, 9.17) is 4.74 Å². The fraction of sp³-hybridized carbons (Fsp3) is 0.643. The fourth-order valence-electron chi connectivity index (χ4n) is 1.96. The highest BCUT2D eigenvalue weighted by Gasteiger charge is 2.19. The predicted octanol–water partition coefficient (Wildman–Crippen LogP) is 3.05. The van der Waals surface area contributed by atoms with Gasteiger partial charge in [0, 0.05) is 23.3 Å². The van der Waals surface area contributed by atoms with Gasteiger partial charge in [-0.05, 0) is 26.0 Å². The molecule has 3 heteroatoms. The van der Waals surface area contributed by atoms with Gasteiger partial charge in [0.2, 0.25) is 0 Å². The van der Waals surface area contributed by atoms with E-state index < -0.39 is 0 Å². The molecule has 3 nitrogen and oxygen atoms in total. The second kappa shape index (κ2) is 5.39. The number of rotatable bonds is 4. The maximum Gasteiger partial charge on any atom is 0.307 e. The molecular weight excluding hydrogens is 214 g/mol. The number of aryl methyl sites for hydroxylation is 1. The van der Waals surface area contributed by atoms with Crippen LogP contribution in [0.2, 0.25) is 0 Å². The van der Waals surface area contributed by atoms with Crippen molar-refractivity contribution in [2.45, 2.75) is 53.0 Å². The zero-order chi connectivity index (χ0) is 13.1. The molecule has 1 heterocycles. The summed E-state index contributed by atoms with van der Waals surface area (Å²) in [6, 6.07) is 4.24. The van der Waals surface area contributed by atoms with Crippen molar-refractivity contribution in [3.63, 3.8) is 0 Å². The Morgan fingerprint density at radius 3 is 2.53 bits per heavy atom. The van der Waals surface area contributed by atoms with Gasteiger partial charge in [0.1, 0.15) is 0 Å². The monoisotopic (exact) mass is 237 g/mol. The molecule has 1 aromatic rings. The van der Waals surface area contributed by atoms with Gasteiger partial charge >= 0.3 is 5.97 Å². The number of hydrogen-bond acceptors (Lipinski definition) is 2. The van der Waals surface area contributed by atoms with E-state index in [-0.39, 0.29) is 11.4 Å². The quantitative estimate of drug-likeness (QED) is 0.754. The minimum Gasteiger partial charge on any atom is -0.466 e. The molecule has 17 heavy (non-hydrogen) atoms. The van der Waals surface area contributed by atoms with Gasteiger partial charge in [-0.1, -0.05) is 20.8 Å². The Morgan fingerprint density at radius 1 is 1.35 bits per heavy atom. The van der Waals surface area contributed by atoms with Crippen LogP contribution in [0.5, 0.6) is 0 Å². The molecule has 0 aliphatic heterocycles. The van der Waals surface area contributed by atoms with Crippen molar-refractivity contribution in [3.05, 3.63) is 23.5 Å². The van der Waals surface area contributed by atoms with Crippen LogP contribution in [0, 0.1) is 6.92 Å². The van der Waals surface area contributed by atoms with E-state index in [1.807, 2.05) is 6.92 Å². The van der Waals surface area contributed by atoms with Gasteiger partial charge in [-0.2, -0.15) is 0 Å². The molecule has 0 radical (unpaired) electrons. The Hall–Kier alpha value is -1.25. The Balaban J connectivity index is 2.77. The molecule has 0 unspecified atom stereocenters. The van der Waals surface area contributed by atoms with E-state index in [1.165, 1.54) is 11.4 Å². The standard InChI is InChI=1S/C14H23NO2/c1-6-17-13(16)9-10-15-11(2)7-8-12(15)14(3,4)5/h7-8H,6,9-10H2,1-5H3. The molecule has 96 valence electrons. The molecule has 0 aliphatic carbocycles. The molecular formula is C14H23NO2. The highest BCUT2D eigenvalue weighted by molar-refractivity contribution is 5.69. The number of esters is 1. The second-order valence-corrected chi connectivity index (χ2v) is 5.32. The summed E-state index contributed by atoms with van der Waals surface area (Å²) in [6.45, 7) is 11.6. The number of carbonyl (C=O) groups is 1. The second-order valence-electron chi connectivity index (χ2n) is 5.32. The zero-order valence-corrected chi connectivity index (χ0v) is 11.5. The highest BCUT2D eigenvalue weighted by Crippen LogP contribution is 2.24. The first-order chi connectivity index (χ1) is 7.86. The maximum absolute atomic E-state index is 11.4. The van der Waals surface area contributed by atoms with Gasteiger partial charge in [-0.3, -0.25) is 4.79 Å². The van der Waals surface area contributed by atoms with Crippen molar-refractivity contribution in [2.75, 3.05) is 6.61 Å². The molecule has 0 bridgehead atoms. The van der Waals surface area contributed by atoms with Crippen LogP contribution in [0.4, 0.5) is 0 Å². The van der Waals surface area contributed by atoms with E-state index in [1.54, 1.807) is 0 Å². The van der Waals surface area contributed by atoms with Crippen LogP contribution in [0.3, 0.4) is 0 Å². The number of hydrogen-bond donors (Lipinski definition) is 0. The molecule has 0 amide bonds. The van der Waals surface area contributed by atoms with Gasteiger partial charge in [-0.15, -0.1) is 0 Å². The third kappa shape index (κ3) is 3.62. The first-order valence-corrected chi connectivity index (χ1v) is 6.18. The molecule has 0 spiro atoms. The fourth-order valence-corrected chi connectivity index (χ4v) is 1.96. The Kier molecular flexibility index (Phi) is 4.38. The molecule has 0 atom stereocenters. The minimum atomic E-state index is -0.125. The van der Waals surface area contributed by atoms with Crippen molar-refractivity contribution >= 4 is 5.97 Å². The lowest BCUT2D eigenvalue weighted by atomic mass is 9.92. The van der Waals surface area contributed by atoms with Crippen molar-refractivity contribution in [1.29, 1.82) is 0 Å². The number of ether oxygens (including phenoxy) is 1. The summed E-state index contributed by atoms with van der Waals surface area (Å²) < 4.78 is 7.16. The molecule has 0 N–H and O–H groups in total. The summed E-state index contributed by atoms with van der Waals surface area (Å²) in [5.74, 6) is -0.125. The normalized spacial score (nSPS) is 11.6. The summed E-state index contributed by atoms with van der Waals surface area (Å²) in [5, 5.41) is 0. The minimum absolute atomic E-state index is 0.100. The lowest BCUT2D eigenvalue weighted by Gasteiger charge is -2.22. The van der Waals surface area contributed by atoms with Gasteiger partial charge in [0.05, 0.1) is 13.0 Å². The van der Waals surface area contributed by atoms with Gasteiger partial charge in [0.15, 0.2) is 0 Å². The smallest absolute Gasteiger partial charge is 0.307 e. The zero-order valence-electron chi connectivity index (χ0n) is 11.5.